The highest BCUT2D eigenvalue weighted by atomic mass is 16.5. The number of pyridine rings is 1. The van der Waals surface area contributed by atoms with Crippen molar-refractivity contribution in [1.29, 1.82) is 0 Å². The predicted octanol–water partition coefficient (Wildman–Crippen LogP) is 5.08. The van der Waals surface area contributed by atoms with Crippen molar-refractivity contribution in [3.63, 3.8) is 0 Å². The lowest BCUT2D eigenvalue weighted by Crippen LogP contribution is -2.29. The van der Waals surface area contributed by atoms with Crippen molar-refractivity contribution in [3.05, 3.63) is 90.3 Å². The zero-order valence-electron chi connectivity index (χ0n) is 15.6. The molecule has 0 saturated carbocycles. The first-order valence-electron chi connectivity index (χ1n) is 9.16. The maximum absolute atomic E-state index is 11.5. The van der Waals surface area contributed by atoms with Gasteiger partial charge in [-0.15, -0.1) is 0 Å². The monoisotopic (exact) mass is 385 g/mol. The van der Waals surface area contributed by atoms with Crippen LogP contribution in [0.4, 0.5) is 4.79 Å². The van der Waals surface area contributed by atoms with E-state index in [1.165, 1.54) is 0 Å². The number of rotatable bonds is 6. The fourth-order valence-corrected chi connectivity index (χ4v) is 3.41. The minimum Gasteiger partial charge on any atom is -0.465 e. The van der Waals surface area contributed by atoms with Crippen molar-refractivity contribution in [3.8, 4) is 11.3 Å². The molecule has 0 spiro atoms. The molecule has 0 aliphatic carbocycles. The van der Waals surface area contributed by atoms with Crippen molar-refractivity contribution in [2.45, 2.75) is 12.5 Å². The maximum atomic E-state index is 11.5. The van der Waals surface area contributed by atoms with Gasteiger partial charge in [0, 0.05) is 29.3 Å². The zero-order chi connectivity index (χ0) is 20.2. The van der Waals surface area contributed by atoms with E-state index in [1.54, 1.807) is 12.3 Å². The van der Waals surface area contributed by atoms with Crippen LogP contribution in [-0.4, -0.2) is 21.3 Å². The highest BCUT2D eigenvalue weighted by Gasteiger charge is 2.22. The molecule has 0 unspecified atom stereocenters. The topological polar surface area (TPSA) is 88.2 Å². The Hall–Kier alpha value is -3.93. The van der Waals surface area contributed by atoms with Crippen molar-refractivity contribution < 1.29 is 14.4 Å². The van der Waals surface area contributed by atoms with Gasteiger partial charge in [-0.1, -0.05) is 54.2 Å². The molecule has 1 atom stereocenters. The molecule has 4 aromatic rings. The van der Waals surface area contributed by atoms with Crippen molar-refractivity contribution in [2.24, 2.45) is 0 Å². The van der Waals surface area contributed by atoms with E-state index in [4.69, 9.17) is 4.52 Å². The third-order valence-corrected chi connectivity index (χ3v) is 4.76. The van der Waals surface area contributed by atoms with Crippen LogP contribution in [-0.2, 0) is 6.42 Å². The Morgan fingerprint density at radius 3 is 2.76 bits per heavy atom. The SMILES string of the molecule is C=Cc1ccc2c(-c3ccccc3[C@H](Cc3ccccn3)NC(=O)O)noc2c1. The van der Waals surface area contributed by atoms with Gasteiger partial charge in [0.25, 0.3) is 0 Å². The minimum atomic E-state index is -1.10. The second-order valence-corrected chi connectivity index (χ2v) is 6.61. The average Bonchev–Trinajstić information content (AvgIpc) is 3.16. The summed E-state index contributed by atoms with van der Waals surface area (Å²) in [5.74, 6) is 0. The van der Waals surface area contributed by atoms with E-state index < -0.39 is 12.1 Å². The second kappa shape index (κ2) is 7.98. The van der Waals surface area contributed by atoms with E-state index in [0.717, 1.165) is 27.8 Å². The number of nitrogens with one attached hydrogen (secondary N) is 1. The molecule has 6 nitrogen and oxygen atoms in total. The molecule has 6 heteroatoms. The smallest absolute Gasteiger partial charge is 0.405 e. The third kappa shape index (κ3) is 3.87. The number of fused-ring (bicyclic) bond motifs is 1. The van der Waals surface area contributed by atoms with Gasteiger partial charge in [-0.3, -0.25) is 4.98 Å². The lowest BCUT2D eigenvalue weighted by atomic mass is 9.93. The highest BCUT2D eigenvalue weighted by Crippen LogP contribution is 2.34. The molecule has 0 radical (unpaired) electrons. The molecule has 4 rings (SSSR count). The van der Waals surface area contributed by atoms with Gasteiger partial charge in [0.15, 0.2) is 5.58 Å². The fourth-order valence-electron chi connectivity index (χ4n) is 3.41. The molecular formula is C23H19N3O3. The second-order valence-electron chi connectivity index (χ2n) is 6.61. The van der Waals surface area contributed by atoms with Crippen molar-refractivity contribution in [1.82, 2.24) is 15.5 Å². The number of hydrogen-bond acceptors (Lipinski definition) is 4. The number of aromatic nitrogens is 2. The van der Waals surface area contributed by atoms with Crippen LogP contribution in [0.15, 0.2) is 78.0 Å². The summed E-state index contributed by atoms with van der Waals surface area (Å²) in [7, 11) is 0. The molecule has 0 fully saturated rings. The fraction of sp³-hybridized carbons (Fsp3) is 0.0870. The number of benzene rings is 2. The molecule has 1 amide bonds. The molecule has 2 aromatic carbocycles. The number of amides is 1. The van der Waals surface area contributed by atoms with Gasteiger partial charge < -0.3 is 14.9 Å². The van der Waals surface area contributed by atoms with Gasteiger partial charge >= 0.3 is 6.09 Å². The Bertz CT molecular complexity index is 1170. The molecule has 0 saturated heterocycles. The Morgan fingerprint density at radius 2 is 2.00 bits per heavy atom. The summed E-state index contributed by atoms with van der Waals surface area (Å²) in [4.78, 5) is 15.8. The maximum Gasteiger partial charge on any atom is 0.405 e. The van der Waals surface area contributed by atoms with Crippen LogP contribution in [0.3, 0.4) is 0 Å². The zero-order valence-corrected chi connectivity index (χ0v) is 15.6. The van der Waals surface area contributed by atoms with Gasteiger partial charge in [0.05, 0.1) is 6.04 Å². The number of nitrogens with zero attached hydrogens (tertiary/aromatic N) is 2. The molecular weight excluding hydrogens is 366 g/mol. The first kappa shape index (κ1) is 18.4. The van der Waals surface area contributed by atoms with Crippen molar-refractivity contribution >= 4 is 23.1 Å². The van der Waals surface area contributed by atoms with Gasteiger partial charge in [0.2, 0.25) is 0 Å². The molecule has 29 heavy (non-hydrogen) atoms. The molecule has 0 aliphatic heterocycles. The molecule has 0 bridgehead atoms. The summed E-state index contributed by atoms with van der Waals surface area (Å²) in [5, 5.41) is 17.1. The van der Waals surface area contributed by atoms with E-state index in [-0.39, 0.29) is 0 Å². The van der Waals surface area contributed by atoms with Crippen LogP contribution in [0.2, 0.25) is 0 Å². The van der Waals surface area contributed by atoms with E-state index in [0.29, 0.717) is 17.7 Å². The number of carbonyl (C=O) groups is 1. The Labute approximate surface area is 167 Å². The first-order chi connectivity index (χ1) is 14.2. The first-order valence-corrected chi connectivity index (χ1v) is 9.16. The summed E-state index contributed by atoms with van der Waals surface area (Å²) in [5.41, 5.74) is 4.68. The van der Waals surface area contributed by atoms with E-state index >= 15 is 0 Å². The molecule has 0 aliphatic rings. The van der Waals surface area contributed by atoms with Crippen LogP contribution in [0.25, 0.3) is 28.3 Å². The summed E-state index contributed by atoms with van der Waals surface area (Å²) in [6.45, 7) is 3.78. The predicted molar refractivity (Wildman–Crippen MR) is 111 cm³/mol. The molecule has 144 valence electrons. The number of carboxylic acid groups (broad SMARTS) is 1. The van der Waals surface area contributed by atoms with Crippen LogP contribution in [0.1, 0.15) is 22.9 Å². The number of hydrogen-bond donors (Lipinski definition) is 2. The lowest BCUT2D eigenvalue weighted by Gasteiger charge is -2.20. The van der Waals surface area contributed by atoms with Gasteiger partial charge in [0.1, 0.15) is 5.69 Å². The normalized spacial score (nSPS) is 11.9. The lowest BCUT2D eigenvalue weighted by molar-refractivity contribution is 0.190. The average molecular weight is 385 g/mol. The van der Waals surface area contributed by atoms with E-state index in [2.05, 4.69) is 22.0 Å². The Kier molecular flexibility index (Phi) is 5.07. The summed E-state index contributed by atoms with van der Waals surface area (Å²) in [6, 6.07) is 18.5. The van der Waals surface area contributed by atoms with Gasteiger partial charge in [-0.05, 0) is 35.4 Å². The third-order valence-electron chi connectivity index (χ3n) is 4.76. The van der Waals surface area contributed by atoms with Crippen LogP contribution in [0, 0.1) is 0 Å². The van der Waals surface area contributed by atoms with Crippen LogP contribution >= 0.6 is 0 Å². The van der Waals surface area contributed by atoms with Crippen LogP contribution in [0.5, 0.6) is 0 Å². The summed E-state index contributed by atoms with van der Waals surface area (Å²) < 4.78 is 5.53. The van der Waals surface area contributed by atoms with E-state index in [1.807, 2.05) is 60.7 Å². The van der Waals surface area contributed by atoms with E-state index in [9.17, 15) is 9.90 Å². The van der Waals surface area contributed by atoms with Gasteiger partial charge in [-0.25, -0.2) is 4.79 Å². The van der Waals surface area contributed by atoms with Crippen LogP contribution < -0.4 is 5.32 Å². The Balaban J connectivity index is 1.80. The molecule has 2 heterocycles. The summed E-state index contributed by atoms with van der Waals surface area (Å²) >= 11 is 0. The molecule has 2 aromatic heterocycles. The standard InChI is InChI=1S/C23H19N3O3/c1-2-15-10-11-19-21(13-15)29-26-22(19)18-9-4-3-8-17(18)20(25-23(27)28)14-16-7-5-6-12-24-16/h2-13,20,25H,1,14H2,(H,27,28)/t20-/m0/s1. The minimum absolute atomic E-state index is 0.417. The largest absolute Gasteiger partial charge is 0.465 e. The highest BCUT2D eigenvalue weighted by molar-refractivity contribution is 5.93. The van der Waals surface area contributed by atoms with Crippen molar-refractivity contribution in [2.75, 3.05) is 0 Å². The quantitative estimate of drug-likeness (QED) is 0.483. The summed E-state index contributed by atoms with van der Waals surface area (Å²) in [6.07, 6.45) is 2.76. The molecule has 2 N–H and O–H groups in total. The Morgan fingerprint density at radius 1 is 1.17 bits per heavy atom. The van der Waals surface area contributed by atoms with Gasteiger partial charge in [-0.2, -0.15) is 0 Å².